The number of aryl methyl sites for hydroxylation is 1. The Morgan fingerprint density at radius 1 is 1.30 bits per heavy atom. The van der Waals surface area contributed by atoms with Crippen molar-refractivity contribution >= 4 is 27.3 Å². The molecule has 146 valence electrons. The average Bonchev–Trinajstić information content (AvgIpc) is 3.00. The number of primary amides is 1. The van der Waals surface area contributed by atoms with E-state index in [9.17, 15) is 4.79 Å². The first kappa shape index (κ1) is 18.7. The first-order valence-corrected chi connectivity index (χ1v) is 10.8. The lowest BCUT2D eigenvalue weighted by Gasteiger charge is -2.32. The van der Waals surface area contributed by atoms with Gasteiger partial charge in [0, 0.05) is 28.2 Å². The normalized spacial score (nSPS) is 25.5. The summed E-state index contributed by atoms with van der Waals surface area (Å²) in [6.07, 6.45) is 10.1. The van der Waals surface area contributed by atoms with Gasteiger partial charge in [0.1, 0.15) is 6.10 Å². The average molecular weight is 388 g/mol. The zero-order chi connectivity index (χ0) is 19.0. The fraction of sp³-hybridized carbons (Fsp3) is 0.619. The third kappa shape index (κ3) is 3.97. The predicted molar refractivity (Wildman–Crippen MR) is 109 cm³/mol. The first-order chi connectivity index (χ1) is 13.0. The molecule has 2 aromatic heterocycles. The van der Waals surface area contributed by atoms with Crippen LogP contribution in [0.5, 0.6) is 5.88 Å². The van der Waals surface area contributed by atoms with E-state index >= 15 is 0 Å². The van der Waals surface area contributed by atoms with Crippen molar-refractivity contribution in [2.75, 3.05) is 14.1 Å². The minimum atomic E-state index is -0.199. The molecule has 1 saturated carbocycles. The highest BCUT2D eigenvalue weighted by molar-refractivity contribution is 7.19. The van der Waals surface area contributed by atoms with Gasteiger partial charge in [-0.1, -0.05) is 0 Å². The number of hydrogen-bond acceptors (Lipinski definition) is 5. The van der Waals surface area contributed by atoms with Gasteiger partial charge in [-0.15, -0.1) is 11.3 Å². The van der Waals surface area contributed by atoms with Gasteiger partial charge in [0.15, 0.2) is 0 Å². The summed E-state index contributed by atoms with van der Waals surface area (Å²) in [7, 11) is 4.32. The van der Waals surface area contributed by atoms with Crippen LogP contribution in [0.2, 0.25) is 0 Å². The first-order valence-electron chi connectivity index (χ1n) is 10.0. The fourth-order valence-corrected chi connectivity index (χ4v) is 5.89. The Morgan fingerprint density at radius 3 is 2.78 bits per heavy atom. The van der Waals surface area contributed by atoms with Crippen molar-refractivity contribution in [2.24, 2.45) is 11.7 Å². The van der Waals surface area contributed by atoms with E-state index in [1.54, 1.807) is 0 Å². The lowest BCUT2D eigenvalue weighted by molar-refractivity contribution is -0.119. The van der Waals surface area contributed by atoms with Gasteiger partial charge < -0.3 is 15.4 Å². The Kier molecular flexibility index (Phi) is 5.37. The van der Waals surface area contributed by atoms with Gasteiger partial charge >= 0.3 is 0 Å². The number of carbonyl (C=O) groups is 1. The number of fused-ring (bicyclic) bond motifs is 3. The van der Waals surface area contributed by atoms with E-state index < -0.39 is 0 Å². The van der Waals surface area contributed by atoms with Gasteiger partial charge in [-0.3, -0.25) is 4.79 Å². The van der Waals surface area contributed by atoms with Crippen molar-refractivity contribution in [1.82, 2.24) is 9.88 Å². The van der Waals surface area contributed by atoms with Gasteiger partial charge in [0.2, 0.25) is 11.8 Å². The summed E-state index contributed by atoms with van der Waals surface area (Å²) < 4.78 is 7.68. The summed E-state index contributed by atoms with van der Waals surface area (Å²) in [6.45, 7) is 0. The van der Waals surface area contributed by atoms with E-state index in [2.05, 4.69) is 30.0 Å². The van der Waals surface area contributed by atoms with Crippen molar-refractivity contribution in [1.29, 1.82) is 0 Å². The van der Waals surface area contributed by atoms with Crippen LogP contribution in [0.25, 0.3) is 10.1 Å². The Labute approximate surface area is 164 Å². The Morgan fingerprint density at radius 2 is 2.07 bits per heavy atom. The summed E-state index contributed by atoms with van der Waals surface area (Å²) in [6, 6.07) is 2.76. The van der Waals surface area contributed by atoms with Crippen molar-refractivity contribution in [3.05, 3.63) is 22.7 Å². The summed E-state index contributed by atoms with van der Waals surface area (Å²) in [4.78, 5) is 19.7. The Bertz CT molecular complexity index is 824. The summed E-state index contributed by atoms with van der Waals surface area (Å²) in [5.41, 5.74) is 6.79. The topological polar surface area (TPSA) is 68.4 Å². The molecule has 5 nitrogen and oxygen atoms in total. The minimum absolute atomic E-state index is 0.199. The maximum absolute atomic E-state index is 11.4. The van der Waals surface area contributed by atoms with Crippen LogP contribution < -0.4 is 10.5 Å². The molecule has 2 aliphatic rings. The molecule has 1 atom stereocenters. The molecular weight excluding hydrogens is 358 g/mol. The van der Waals surface area contributed by atoms with E-state index in [1.165, 1.54) is 33.4 Å². The fourth-order valence-electron chi connectivity index (χ4n) is 4.65. The molecule has 2 heterocycles. The lowest BCUT2D eigenvalue weighted by Crippen LogP contribution is -2.35. The van der Waals surface area contributed by atoms with E-state index in [0.29, 0.717) is 18.4 Å². The van der Waals surface area contributed by atoms with Crippen LogP contribution in [-0.2, 0) is 17.6 Å². The summed E-state index contributed by atoms with van der Waals surface area (Å²) in [5.74, 6) is 0.935. The smallest absolute Gasteiger partial charge is 0.222 e. The van der Waals surface area contributed by atoms with Crippen LogP contribution in [0, 0.1) is 5.92 Å². The number of aromatic nitrogens is 1. The number of thiophene rings is 1. The standard InChI is InChI=1S/C21H29N3O2S/c1-24(2)14-4-6-15(7-5-14)26-21-20-16-11-13(12-19(22)25)3-8-17(16)27-18(20)9-10-23-21/h9-10,13-15H,3-8,11-12H2,1-2H3,(H2,22,25)/t13-,14-,15-/m1/s1. The number of amides is 1. The molecule has 1 amide bonds. The van der Waals surface area contributed by atoms with E-state index in [1.807, 2.05) is 17.5 Å². The number of nitrogens with zero attached hydrogens (tertiary/aromatic N) is 2. The molecule has 0 bridgehead atoms. The van der Waals surface area contributed by atoms with Crippen molar-refractivity contribution < 1.29 is 9.53 Å². The van der Waals surface area contributed by atoms with E-state index in [4.69, 9.17) is 10.5 Å². The second kappa shape index (κ2) is 7.76. The van der Waals surface area contributed by atoms with Crippen LogP contribution in [0.1, 0.15) is 49.0 Å². The van der Waals surface area contributed by atoms with Gasteiger partial charge in [0.25, 0.3) is 0 Å². The molecular formula is C21H29N3O2S. The van der Waals surface area contributed by atoms with Gasteiger partial charge in [0.05, 0.1) is 5.39 Å². The van der Waals surface area contributed by atoms with Crippen LogP contribution in [-0.4, -0.2) is 42.0 Å². The summed E-state index contributed by atoms with van der Waals surface area (Å²) >= 11 is 1.86. The Hall–Kier alpha value is -1.66. The highest BCUT2D eigenvalue weighted by atomic mass is 32.1. The Balaban J connectivity index is 1.56. The molecule has 2 aromatic rings. The van der Waals surface area contributed by atoms with Crippen molar-refractivity contribution in [3.8, 4) is 5.88 Å². The summed E-state index contributed by atoms with van der Waals surface area (Å²) in [5, 5.41) is 1.18. The van der Waals surface area contributed by atoms with Crippen molar-refractivity contribution in [2.45, 2.75) is 63.5 Å². The van der Waals surface area contributed by atoms with Crippen molar-refractivity contribution in [3.63, 3.8) is 0 Å². The molecule has 27 heavy (non-hydrogen) atoms. The minimum Gasteiger partial charge on any atom is -0.474 e. The molecule has 0 saturated heterocycles. The molecule has 0 radical (unpaired) electrons. The van der Waals surface area contributed by atoms with Gasteiger partial charge in [-0.05, 0) is 76.6 Å². The zero-order valence-electron chi connectivity index (χ0n) is 16.2. The van der Waals surface area contributed by atoms with Crippen LogP contribution in [0.4, 0.5) is 0 Å². The molecule has 0 spiro atoms. The second-order valence-electron chi connectivity index (χ2n) is 8.28. The third-order valence-corrected chi connectivity index (χ3v) is 7.42. The molecule has 0 unspecified atom stereocenters. The zero-order valence-corrected chi connectivity index (χ0v) is 17.1. The van der Waals surface area contributed by atoms with Crippen LogP contribution >= 0.6 is 11.3 Å². The predicted octanol–water partition coefficient (Wildman–Crippen LogP) is 3.53. The van der Waals surface area contributed by atoms with E-state index in [0.717, 1.165) is 38.0 Å². The lowest BCUT2D eigenvalue weighted by atomic mass is 9.85. The molecule has 0 aromatic carbocycles. The van der Waals surface area contributed by atoms with Gasteiger partial charge in [-0.25, -0.2) is 4.98 Å². The number of ether oxygens (including phenoxy) is 1. The maximum atomic E-state index is 11.4. The number of carbonyl (C=O) groups excluding carboxylic acids is 1. The van der Waals surface area contributed by atoms with E-state index in [-0.39, 0.29) is 12.0 Å². The highest BCUT2D eigenvalue weighted by Crippen LogP contribution is 2.42. The SMILES string of the molecule is CN(C)[C@H]1CC[C@H](Oc2nccc3sc4c(c23)C[C@H](CC(N)=O)CC4)CC1. The molecule has 2 N–H and O–H groups in total. The van der Waals surface area contributed by atoms with Crippen LogP contribution in [0.15, 0.2) is 12.3 Å². The van der Waals surface area contributed by atoms with Crippen LogP contribution in [0.3, 0.4) is 0 Å². The molecule has 1 fully saturated rings. The second-order valence-corrected chi connectivity index (χ2v) is 9.42. The number of hydrogen-bond donors (Lipinski definition) is 1. The number of pyridine rings is 1. The highest BCUT2D eigenvalue weighted by Gasteiger charge is 2.28. The number of nitrogens with two attached hydrogens (primary N) is 1. The number of rotatable bonds is 5. The third-order valence-electron chi connectivity index (χ3n) is 6.16. The quantitative estimate of drug-likeness (QED) is 0.852. The largest absolute Gasteiger partial charge is 0.474 e. The molecule has 4 rings (SSSR count). The van der Waals surface area contributed by atoms with Gasteiger partial charge in [-0.2, -0.15) is 0 Å². The maximum Gasteiger partial charge on any atom is 0.222 e. The molecule has 2 aliphatic carbocycles. The molecule has 0 aliphatic heterocycles. The molecule has 6 heteroatoms. The monoisotopic (exact) mass is 387 g/mol.